The Hall–Kier alpha value is -1.55. The number of likely N-dealkylation sites (tertiary alicyclic amines) is 1. The average molecular weight is 262 g/mol. The maximum absolute atomic E-state index is 12.6. The molecule has 0 aromatic heterocycles. The Kier molecular flexibility index (Phi) is 3.80. The van der Waals surface area contributed by atoms with Crippen LogP contribution in [0.3, 0.4) is 0 Å². The predicted octanol–water partition coefficient (Wildman–Crippen LogP) is 2.04. The summed E-state index contributed by atoms with van der Waals surface area (Å²) in [7, 11) is 1.61. The number of carbonyl (C=O) groups is 1. The predicted molar refractivity (Wildman–Crippen MR) is 75.3 cm³/mol. The number of rotatable bonds is 2. The highest BCUT2D eigenvalue weighted by molar-refractivity contribution is 5.95. The Balaban J connectivity index is 2.22. The zero-order valence-corrected chi connectivity index (χ0v) is 11.8. The lowest BCUT2D eigenvalue weighted by Crippen LogP contribution is -2.61. The standard InChI is InChI=1S/C15H22N2O2/c1-15(2)13(16)5-4-10-17(15)14(18)11-6-8-12(19-3)9-7-11/h6-9,13H,4-5,10,16H2,1-3H3. The molecule has 0 aliphatic carbocycles. The van der Waals surface area contributed by atoms with E-state index in [1.54, 1.807) is 19.2 Å². The summed E-state index contributed by atoms with van der Waals surface area (Å²) >= 11 is 0. The average Bonchev–Trinajstić information content (AvgIpc) is 2.41. The first-order valence-electron chi connectivity index (χ1n) is 6.68. The van der Waals surface area contributed by atoms with Gasteiger partial charge in [-0.25, -0.2) is 0 Å². The minimum absolute atomic E-state index is 0.0310. The van der Waals surface area contributed by atoms with E-state index in [-0.39, 0.29) is 17.5 Å². The zero-order chi connectivity index (χ0) is 14.0. The number of ether oxygens (including phenoxy) is 1. The molecular formula is C15H22N2O2. The number of benzene rings is 1. The number of nitrogens with two attached hydrogens (primary N) is 1. The van der Waals surface area contributed by atoms with E-state index < -0.39 is 0 Å². The van der Waals surface area contributed by atoms with Crippen molar-refractivity contribution in [2.75, 3.05) is 13.7 Å². The van der Waals surface area contributed by atoms with Crippen molar-refractivity contribution >= 4 is 5.91 Å². The summed E-state index contributed by atoms with van der Waals surface area (Å²) in [6.45, 7) is 4.85. The van der Waals surface area contributed by atoms with Crippen LogP contribution in [0.5, 0.6) is 5.75 Å². The third-order valence-electron chi connectivity index (χ3n) is 4.08. The molecule has 104 valence electrons. The SMILES string of the molecule is COc1ccc(C(=O)N2CCCC(N)C2(C)C)cc1. The lowest BCUT2D eigenvalue weighted by atomic mass is 9.85. The lowest BCUT2D eigenvalue weighted by molar-refractivity contribution is 0.0362. The molecule has 2 N–H and O–H groups in total. The van der Waals surface area contributed by atoms with Gasteiger partial charge >= 0.3 is 0 Å². The molecule has 0 radical (unpaired) electrons. The number of hydrogen-bond donors (Lipinski definition) is 1. The van der Waals surface area contributed by atoms with E-state index in [4.69, 9.17) is 10.5 Å². The molecule has 0 saturated carbocycles. The second kappa shape index (κ2) is 5.21. The summed E-state index contributed by atoms with van der Waals surface area (Å²) in [6.07, 6.45) is 1.94. The first-order valence-corrected chi connectivity index (χ1v) is 6.68. The van der Waals surface area contributed by atoms with Crippen LogP contribution in [0.2, 0.25) is 0 Å². The van der Waals surface area contributed by atoms with Gasteiger partial charge in [0.15, 0.2) is 0 Å². The van der Waals surface area contributed by atoms with Crippen LogP contribution in [0.25, 0.3) is 0 Å². The minimum Gasteiger partial charge on any atom is -0.497 e. The lowest BCUT2D eigenvalue weighted by Gasteiger charge is -2.46. The fourth-order valence-corrected chi connectivity index (χ4v) is 2.56. The third kappa shape index (κ3) is 2.59. The van der Waals surface area contributed by atoms with Crippen LogP contribution in [-0.2, 0) is 0 Å². The molecule has 0 bridgehead atoms. The topological polar surface area (TPSA) is 55.6 Å². The number of hydrogen-bond acceptors (Lipinski definition) is 3. The molecule has 19 heavy (non-hydrogen) atoms. The van der Waals surface area contributed by atoms with E-state index in [9.17, 15) is 4.79 Å². The summed E-state index contributed by atoms with van der Waals surface area (Å²) < 4.78 is 5.11. The molecule has 1 unspecified atom stereocenters. The second-order valence-corrected chi connectivity index (χ2v) is 5.59. The van der Waals surface area contributed by atoms with Gasteiger partial charge < -0.3 is 15.4 Å². The van der Waals surface area contributed by atoms with Crippen molar-refractivity contribution < 1.29 is 9.53 Å². The van der Waals surface area contributed by atoms with Crippen LogP contribution in [0, 0.1) is 0 Å². The molecule has 0 spiro atoms. The van der Waals surface area contributed by atoms with E-state index in [1.165, 1.54) is 0 Å². The molecular weight excluding hydrogens is 240 g/mol. The normalized spacial score (nSPS) is 22.1. The minimum atomic E-state index is -0.296. The molecule has 1 aliphatic rings. The summed E-state index contributed by atoms with van der Waals surface area (Å²) in [4.78, 5) is 14.5. The van der Waals surface area contributed by atoms with Gasteiger partial charge in [-0.15, -0.1) is 0 Å². The maximum atomic E-state index is 12.6. The maximum Gasteiger partial charge on any atom is 0.254 e. The zero-order valence-electron chi connectivity index (χ0n) is 11.8. The van der Waals surface area contributed by atoms with Crippen molar-refractivity contribution in [1.29, 1.82) is 0 Å². The van der Waals surface area contributed by atoms with E-state index in [0.717, 1.165) is 25.1 Å². The highest BCUT2D eigenvalue weighted by Crippen LogP contribution is 2.28. The Labute approximate surface area is 114 Å². The largest absolute Gasteiger partial charge is 0.497 e. The van der Waals surface area contributed by atoms with Gasteiger partial charge in [0.1, 0.15) is 5.75 Å². The first kappa shape index (κ1) is 13.9. The van der Waals surface area contributed by atoms with E-state index in [1.807, 2.05) is 30.9 Å². The first-order chi connectivity index (χ1) is 8.96. The van der Waals surface area contributed by atoms with Gasteiger partial charge in [0.25, 0.3) is 5.91 Å². The van der Waals surface area contributed by atoms with Crippen LogP contribution in [0.15, 0.2) is 24.3 Å². The van der Waals surface area contributed by atoms with E-state index >= 15 is 0 Å². The summed E-state index contributed by atoms with van der Waals surface area (Å²) in [5.74, 6) is 0.800. The van der Waals surface area contributed by atoms with Crippen molar-refractivity contribution in [1.82, 2.24) is 4.90 Å². The number of nitrogens with zero attached hydrogens (tertiary/aromatic N) is 1. The monoisotopic (exact) mass is 262 g/mol. The number of methoxy groups -OCH3 is 1. The number of piperidine rings is 1. The Morgan fingerprint density at radius 1 is 1.37 bits per heavy atom. The molecule has 1 aromatic rings. The van der Waals surface area contributed by atoms with Gasteiger partial charge in [-0.3, -0.25) is 4.79 Å². The van der Waals surface area contributed by atoms with Crippen molar-refractivity contribution in [2.24, 2.45) is 5.73 Å². The van der Waals surface area contributed by atoms with Crippen LogP contribution in [0.1, 0.15) is 37.0 Å². The molecule has 1 saturated heterocycles. The van der Waals surface area contributed by atoms with Crippen LogP contribution in [0.4, 0.5) is 0 Å². The second-order valence-electron chi connectivity index (χ2n) is 5.59. The van der Waals surface area contributed by atoms with Crippen molar-refractivity contribution in [3.05, 3.63) is 29.8 Å². The molecule has 1 aliphatic heterocycles. The van der Waals surface area contributed by atoms with Gasteiger partial charge in [-0.1, -0.05) is 0 Å². The van der Waals surface area contributed by atoms with Crippen molar-refractivity contribution in [3.63, 3.8) is 0 Å². The fourth-order valence-electron chi connectivity index (χ4n) is 2.56. The molecule has 1 amide bonds. The van der Waals surface area contributed by atoms with Crippen molar-refractivity contribution in [2.45, 2.75) is 38.3 Å². The quantitative estimate of drug-likeness (QED) is 0.887. The van der Waals surface area contributed by atoms with Gasteiger partial charge in [-0.2, -0.15) is 0 Å². The van der Waals surface area contributed by atoms with E-state index in [2.05, 4.69) is 0 Å². The Bertz CT molecular complexity index is 454. The highest BCUT2D eigenvalue weighted by atomic mass is 16.5. The summed E-state index contributed by atoms with van der Waals surface area (Å²) in [5, 5.41) is 0. The summed E-state index contributed by atoms with van der Waals surface area (Å²) in [6, 6.07) is 7.26. The Morgan fingerprint density at radius 3 is 2.58 bits per heavy atom. The van der Waals surface area contributed by atoms with Crippen LogP contribution >= 0.6 is 0 Å². The molecule has 1 aromatic carbocycles. The van der Waals surface area contributed by atoms with E-state index in [0.29, 0.717) is 5.56 Å². The molecule has 1 fully saturated rings. The van der Waals surface area contributed by atoms with Crippen molar-refractivity contribution in [3.8, 4) is 5.75 Å². The third-order valence-corrected chi connectivity index (χ3v) is 4.08. The van der Waals surface area contributed by atoms with Crippen LogP contribution in [-0.4, -0.2) is 36.0 Å². The molecule has 1 atom stereocenters. The van der Waals surface area contributed by atoms with Gasteiger partial charge in [0.05, 0.1) is 12.6 Å². The fraction of sp³-hybridized carbons (Fsp3) is 0.533. The smallest absolute Gasteiger partial charge is 0.254 e. The molecule has 2 rings (SSSR count). The molecule has 4 nitrogen and oxygen atoms in total. The van der Waals surface area contributed by atoms with Gasteiger partial charge in [-0.05, 0) is 51.0 Å². The number of amides is 1. The molecule has 4 heteroatoms. The molecule has 1 heterocycles. The highest BCUT2D eigenvalue weighted by Gasteiger charge is 2.39. The van der Waals surface area contributed by atoms with Crippen LogP contribution < -0.4 is 10.5 Å². The van der Waals surface area contributed by atoms with Gasteiger partial charge in [0, 0.05) is 18.2 Å². The van der Waals surface area contributed by atoms with Gasteiger partial charge in [0.2, 0.25) is 0 Å². The Morgan fingerprint density at radius 2 is 2.00 bits per heavy atom. The summed E-state index contributed by atoms with van der Waals surface area (Å²) in [5.41, 5.74) is 6.54. The number of carbonyl (C=O) groups excluding carboxylic acids is 1.